The first-order valence-corrected chi connectivity index (χ1v) is 10.5. The van der Waals surface area contributed by atoms with E-state index in [2.05, 4.69) is 25.9 Å². The summed E-state index contributed by atoms with van der Waals surface area (Å²) < 4.78 is 11.1. The van der Waals surface area contributed by atoms with Crippen molar-refractivity contribution in [2.45, 2.75) is 25.0 Å². The smallest absolute Gasteiger partial charge is 0.241 e. The third-order valence-electron chi connectivity index (χ3n) is 5.60. The first kappa shape index (κ1) is 20.2. The number of anilines is 1. The van der Waals surface area contributed by atoms with Crippen molar-refractivity contribution in [2.75, 3.05) is 25.1 Å². The number of amides is 1. The third kappa shape index (κ3) is 4.19. The second-order valence-electron chi connectivity index (χ2n) is 7.77. The zero-order valence-corrected chi connectivity index (χ0v) is 17.3. The largest absolute Gasteiger partial charge is 0.486 e. The molecule has 1 amide bonds. The van der Waals surface area contributed by atoms with E-state index in [1.807, 2.05) is 30.3 Å². The first-order valence-electron chi connectivity index (χ1n) is 10.5. The number of benzene rings is 1. The van der Waals surface area contributed by atoms with E-state index in [0.29, 0.717) is 61.1 Å². The molecule has 2 aliphatic heterocycles. The van der Waals surface area contributed by atoms with Crippen molar-refractivity contribution in [1.29, 1.82) is 5.26 Å². The van der Waals surface area contributed by atoms with Gasteiger partial charge in [0.05, 0.1) is 29.1 Å². The number of nitriles is 1. The topological polar surface area (TPSA) is 121 Å². The summed E-state index contributed by atoms with van der Waals surface area (Å²) >= 11 is 0. The molecule has 3 aromatic rings. The Balaban J connectivity index is 1.19. The van der Waals surface area contributed by atoms with E-state index >= 15 is 0 Å². The predicted octanol–water partition coefficient (Wildman–Crippen LogP) is 1.73. The van der Waals surface area contributed by atoms with Crippen LogP contribution in [0.1, 0.15) is 17.8 Å². The van der Waals surface area contributed by atoms with Gasteiger partial charge < -0.3 is 25.4 Å². The number of carbonyl (C=O) groups excluding carboxylic acids is 1. The second-order valence-corrected chi connectivity index (χ2v) is 7.77. The summed E-state index contributed by atoms with van der Waals surface area (Å²) in [6.07, 6.45) is 2.34. The summed E-state index contributed by atoms with van der Waals surface area (Å²) in [5.41, 5.74) is 2.38. The molecule has 162 valence electrons. The van der Waals surface area contributed by atoms with Gasteiger partial charge in [0.2, 0.25) is 5.91 Å². The molecule has 2 aliphatic rings. The molecule has 2 atom stereocenters. The minimum atomic E-state index is -0.324. The van der Waals surface area contributed by atoms with Crippen LogP contribution in [0.3, 0.4) is 0 Å². The Labute approximate surface area is 184 Å². The number of nitrogens with zero attached hydrogens (tertiary/aromatic N) is 3. The van der Waals surface area contributed by atoms with Crippen LogP contribution in [0.25, 0.3) is 10.9 Å². The quantitative estimate of drug-likeness (QED) is 0.560. The molecule has 0 saturated carbocycles. The molecule has 5 rings (SSSR count). The molecule has 0 aliphatic carbocycles. The number of pyridine rings is 2. The molecule has 0 bridgehead atoms. The average Bonchev–Trinajstić information content (AvgIpc) is 3.32. The molecule has 9 heteroatoms. The molecule has 1 fully saturated rings. The zero-order valence-electron chi connectivity index (χ0n) is 17.3. The maximum absolute atomic E-state index is 12.9. The normalized spacial score (nSPS) is 19.5. The Bertz CT molecular complexity index is 1210. The van der Waals surface area contributed by atoms with Gasteiger partial charge in [-0.05, 0) is 24.6 Å². The fourth-order valence-electron chi connectivity index (χ4n) is 3.96. The van der Waals surface area contributed by atoms with Crippen LogP contribution in [-0.2, 0) is 11.3 Å². The van der Waals surface area contributed by atoms with E-state index < -0.39 is 0 Å². The van der Waals surface area contributed by atoms with Crippen LogP contribution in [0, 0.1) is 11.3 Å². The maximum Gasteiger partial charge on any atom is 0.241 e. The van der Waals surface area contributed by atoms with Gasteiger partial charge in [-0.1, -0.05) is 12.1 Å². The highest BCUT2D eigenvalue weighted by molar-refractivity contribution is 6.02. The summed E-state index contributed by atoms with van der Waals surface area (Å²) in [5, 5.41) is 19.7. The van der Waals surface area contributed by atoms with E-state index in [0.717, 1.165) is 11.1 Å². The molecular weight excluding hydrogens is 408 g/mol. The molecule has 1 unspecified atom stereocenters. The molecule has 32 heavy (non-hydrogen) atoms. The van der Waals surface area contributed by atoms with Gasteiger partial charge in [-0.3, -0.25) is 9.78 Å². The molecule has 3 N–H and O–H groups in total. The lowest BCUT2D eigenvalue weighted by Crippen LogP contribution is -2.35. The minimum absolute atomic E-state index is 0.122. The summed E-state index contributed by atoms with van der Waals surface area (Å²) in [5.74, 6) is 1.26. The molecule has 0 radical (unpaired) electrons. The van der Waals surface area contributed by atoms with Gasteiger partial charge in [0, 0.05) is 30.6 Å². The van der Waals surface area contributed by atoms with Gasteiger partial charge in [0.1, 0.15) is 25.0 Å². The highest BCUT2D eigenvalue weighted by atomic mass is 16.6. The number of ether oxygens (including phenoxy) is 2. The summed E-state index contributed by atoms with van der Waals surface area (Å²) in [7, 11) is 0. The van der Waals surface area contributed by atoms with E-state index in [-0.39, 0.29) is 18.0 Å². The number of aromatic nitrogens is 2. The molecule has 9 nitrogen and oxygen atoms in total. The van der Waals surface area contributed by atoms with Crippen LogP contribution in [0.15, 0.2) is 42.6 Å². The van der Waals surface area contributed by atoms with Crippen LogP contribution >= 0.6 is 0 Å². The Kier molecular flexibility index (Phi) is 5.54. The number of hydrogen-bond donors (Lipinski definition) is 3. The number of hydrogen-bond acceptors (Lipinski definition) is 8. The van der Waals surface area contributed by atoms with E-state index in [9.17, 15) is 4.79 Å². The highest BCUT2D eigenvalue weighted by Gasteiger charge is 2.29. The lowest BCUT2D eigenvalue weighted by Gasteiger charge is -2.19. The predicted molar refractivity (Wildman–Crippen MR) is 117 cm³/mol. The fourth-order valence-corrected chi connectivity index (χ4v) is 3.96. The van der Waals surface area contributed by atoms with E-state index in [1.165, 1.54) is 0 Å². The van der Waals surface area contributed by atoms with Crippen molar-refractivity contribution >= 4 is 22.5 Å². The van der Waals surface area contributed by atoms with Crippen molar-refractivity contribution in [3.8, 4) is 17.6 Å². The van der Waals surface area contributed by atoms with Gasteiger partial charge in [-0.15, -0.1) is 0 Å². The van der Waals surface area contributed by atoms with Gasteiger partial charge in [-0.2, -0.15) is 5.26 Å². The molecule has 4 heterocycles. The zero-order chi connectivity index (χ0) is 21.9. The van der Waals surface area contributed by atoms with Crippen LogP contribution in [0.5, 0.6) is 11.5 Å². The van der Waals surface area contributed by atoms with Gasteiger partial charge in [-0.25, -0.2) is 4.98 Å². The lowest BCUT2D eigenvalue weighted by molar-refractivity contribution is -0.117. The number of rotatable bonds is 5. The minimum Gasteiger partial charge on any atom is -0.486 e. The van der Waals surface area contributed by atoms with Crippen LogP contribution in [0.4, 0.5) is 5.69 Å². The monoisotopic (exact) mass is 430 g/mol. The lowest BCUT2D eigenvalue weighted by atomic mass is 10.1. The molecule has 2 aromatic heterocycles. The van der Waals surface area contributed by atoms with Crippen LogP contribution in [0.2, 0.25) is 0 Å². The third-order valence-corrected chi connectivity index (χ3v) is 5.60. The van der Waals surface area contributed by atoms with Crippen molar-refractivity contribution in [3.05, 3.63) is 54.0 Å². The van der Waals surface area contributed by atoms with Crippen molar-refractivity contribution in [3.63, 3.8) is 0 Å². The number of nitrogens with one attached hydrogen (secondary N) is 3. The highest BCUT2D eigenvalue weighted by Crippen LogP contribution is 2.29. The number of carbonyl (C=O) groups is 1. The fraction of sp³-hybridized carbons (Fsp3) is 0.304. The summed E-state index contributed by atoms with van der Waals surface area (Å²) in [6.45, 7) is 2.32. The average molecular weight is 430 g/mol. The molecular formula is C23H22N6O3. The van der Waals surface area contributed by atoms with Gasteiger partial charge in [0.15, 0.2) is 11.5 Å². The van der Waals surface area contributed by atoms with Gasteiger partial charge >= 0.3 is 0 Å². The van der Waals surface area contributed by atoms with Gasteiger partial charge in [0.25, 0.3) is 0 Å². The molecule has 0 spiro atoms. The summed E-state index contributed by atoms with van der Waals surface area (Å²) in [4.78, 5) is 21.6. The van der Waals surface area contributed by atoms with Crippen molar-refractivity contribution < 1.29 is 14.3 Å². The number of fused-ring (bicyclic) bond motifs is 2. The Morgan fingerprint density at radius 2 is 2.09 bits per heavy atom. The second kappa shape index (κ2) is 8.78. The molecule has 1 saturated heterocycles. The van der Waals surface area contributed by atoms with Crippen LogP contribution in [-0.4, -0.2) is 47.7 Å². The SMILES string of the molecule is N#Cc1ccc2cccc(NC(=O)[C@@H]3CC(NCc4cc5c(cn4)OCCO5)CN3)c2n1. The van der Waals surface area contributed by atoms with Crippen LogP contribution < -0.4 is 25.4 Å². The van der Waals surface area contributed by atoms with Crippen molar-refractivity contribution in [2.24, 2.45) is 0 Å². The Morgan fingerprint density at radius 3 is 2.97 bits per heavy atom. The van der Waals surface area contributed by atoms with E-state index in [4.69, 9.17) is 14.7 Å². The number of para-hydroxylation sites is 1. The van der Waals surface area contributed by atoms with E-state index in [1.54, 1.807) is 18.3 Å². The maximum atomic E-state index is 12.9. The first-order chi connectivity index (χ1) is 15.7. The standard InChI is InChI=1S/C23H22N6O3/c24-10-15-5-4-14-2-1-3-18(22(14)28-15)29-23(30)19-8-16(12-27-19)25-11-17-9-20-21(13-26-17)32-7-6-31-20/h1-5,9,13,16,19,25,27H,6-8,11-12H2,(H,29,30)/t16?,19-/m0/s1. The Hall–Kier alpha value is -3.74. The Morgan fingerprint density at radius 1 is 1.22 bits per heavy atom. The van der Waals surface area contributed by atoms with Crippen molar-refractivity contribution in [1.82, 2.24) is 20.6 Å². The molecule has 1 aromatic carbocycles. The summed E-state index contributed by atoms with van der Waals surface area (Å²) in [6, 6.07) is 12.8.